The zero-order chi connectivity index (χ0) is 2.99. The van der Waals surface area contributed by atoms with Gasteiger partial charge in [-0.25, -0.2) is 0 Å². The Bertz CT molecular complexity index is 26.1. The van der Waals surface area contributed by atoms with Gasteiger partial charge in [0.15, 0.2) is 0 Å². The molecule has 0 aromatic rings. The van der Waals surface area contributed by atoms with Gasteiger partial charge in [-0.1, -0.05) is 0 Å². The Morgan fingerprint density at radius 2 is 2.00 bits per heavy atom. The largest absolute Gasteiger partial charge is 1.00 e. The van der Waals surface area contributed by atoms with E-state index < -0.39 is 0 Å². The van der Waals surface area contributed by atoms with Gasteiger partial charge in [0.25, 0.3) is 0 Å². The fourth-order valence-electron chi connectivity index (χ4n) is 0.136. The number of hydrogen-bond donors (Lipinski definition) is 0. The second kappa shape index (κ2) is 2.23. The van der Waals surface area contributed by atoms with Crippen LogP contribution in [-0.2, 0) is 0 Å². The van der Waals surface area contributed by atoms with E-state index in [1.165, 1.54) is 4.78 Å². The van der Waals surface area contributed by atoms with Crippen LogP contribution in [0.2, 0.25) is 10.1 Å². The zero-order valence-electron chi connectivity index (χ0n) is 3.24. The van der Waals surface area contributed by atoms with Gasteiger partial charge < -0.3 is 17.0 Å². The third-order valence-corrected chi connectivity index (χ3v) is 2.12. The summed E-state index contributed by atoms with van der Waals surface area (Å²) < 4.78 is 1.17. The van der Waals surface area contributed by atoms with Crippen LogP contribution >= 0.6 is 0 Å². The van der Waals surface area contributed by atoms with Crippen LogP contribution in [0.25, 0.3) is 0 Å². The van der Waals surface area contributed by atoms with Crippen LogP contribution in [0.15, 0.2) is 0 Å². The van der Waals surface area contributed by atoms with Crippen molar-refractivity contribution in [3.63, 3.8) is 0 Å². The maximum absolute atomic E-state index is 2.31. The van der Waals surface area contributed by atoms with E-state index >= 15 is 0 Å². The van der Waals surface area contributed by atoms with Crippen LogP contribution in [0.5, 0.6) is 0 Å². The third kappa shape index (κ3) is 2.83. The van der Waals surface area contributed by atoms with Gasteiger partial charge in [0.1, 0.15) is 0 Å². The van der Waals surface area contributed by atoms with Crippen LogP contribution < -0.4 is 17.0 Å². The Morgan fingerprint density at radius 1 is 1.80 bits per heavy atom. The summed E-state index contributed by atoms with van der Waals surface area (Å²) in [5.74, 6) is 0. The number of rotatable bonds is 0. The van der Waals surface area contributed by atoms with E-state index in [2.05, 4.69) is 6.92 Å². The molecule has 1 fully saturated rings. The predicted octanol–water partition coefficient (Wildman–Crippen LogP) is -2.07. The fourth-order valence-corrected chi connectivity index (χ4v) is 0.408. The van der Waals surface area contributed by atoms with E-state index in [1.54, 1.807) is 5.28 Å². The van der Waals surface area contributed by atoms with Crippen LogP contribution in [0, 0.1) is 0 Å². The monoisotopic (exact) mass is 148 g/mol. The molecule has 0 nitrogen and oxygen atoms in total. The number of hydrogen-bond acceptors (Lipinski definition) is 0. The Balaban J connectivity index is 0.000000160. The summed E-state index contributed by atoms with van der Waals surface area (Å²) in [4.78, 5) is 0. The molecule has 0 aromatic carbocycles. The molecule has 0 amide bonds. The van der Waals surface area contributed by atoms with E-state index in [-0.39, 0.29) is 17.0 Å². The zero-order valence-corrected chi connectivity index (χ0v) is 5.98. The van der Waals surface area contributed by atoms with Crippen molar-refractivity contribution in [2.75, 3.05) is 0 Å². The van der Waals surface area contributed by atoms with Crippen molar-refractivity contribution in [3.05, 3.63) is 0 Å². The SMILES string of the molecule is C[CH]1[CH2][Al+]1.[Br-]. The molecule has 0 N–H and O–H groups in total. The molecule has 1 aliphatic heterocycles. The Labute approximate surface area is 49.4 Å². The molecular formula is C3H6AlBr. The summed E-state index contributed by atoms with van der Waals surface area (Å²) in [7, 11) is 0. The minimum absolute atomic E-state index is 0. The van der Waals surface area contributed by atoms with Gasteiger partial charge in [0.2, 0.25) is 0 Å². The van der Waals surface area contributed by atoms with Gasteiger partial charge >= 0.3 is 32.2 Å². The van der Waals surface area contributed by atoms with E-state index in [1.807, 2.05) is 0 Å². The molecular weight excluding hydrogens is 143 g/mol. The molecule has 0 spiro atoms. The molecule has 2 heteroatoms. The van der Waals surface area contributed by atoms with Gasteiger partial charge in [0.05, 0.1) is 0 Å². The molecule has 1 saturated heterocycles. The van der Waals surface area contributed by atoms with Crippen molar-refractivity contribution >= 4 is 15.2 Å². The summed E-state index contributed by atoms with van der Waals surface area (Å²) in [5.41, 5.74) is 0. The van der Waals surface area contributed by atoms with Crippen LogP contribution in [0.3, 0.4) is 0 Å². The van der Waals surface area contributed by atoms with Crippen LogP contribution in [-0.4, -0.2) is 15.2 Å². The molecule has 0 aliphatic carbocycles. The first-order chi connectivity index (χ1) is 1.89. The molecule has 1 aliphatic rings. The van der Waals surface area contributed by atoms with E-state index in [0.29, 0.717) is 0 Å². The van der Waals surface area contributed by atoms with Gasteiger partial charge in [-0.2, -0.15) is 0 Å². The summed E-state index contributed by atoms with van der Waals surface area (Å²) >= 11 is 0.949. The number of halogens is 1. The van der Waals surface area contributed by atoms with Crippen molar-refractivity contribution in [1.82, 2.24) is 0 Å². The average molecular weight is 149 g/mol. The Hall–Kier alpha value is 1.01. The molecule has 1 heterocycles. The first kappa shape index (κ1) is 6.01. The van der Waals surface area contributed by atoms with Crippen molar-refractivity contribution < 1.29 is 17.0 Å². The molecule has 1 rings (SSSR count). The molecule has 28 valence electrons. The van der Waals surface area contributed by atoms with E-state index in [9.17, 15) is 0 Å². The van der Waals surface area contributed by atoms with Gasteiger partial charge in [-0.15, -0.1) is 0 Å². The van der Waals surface area contributed by atoms with Crippen LogP contribution in [0.4, 0.5) is 0 Å². The van der Waals surface area contributed by atoms with Crippen molar-refractivity contribution in [2.45, 2.75) is 17.0 Å². The maximum atomic E-state index is 2.31. The molecule has 0 radical (unpaired) electrons. The van der Waals surface area contributed by atoms with Crippen LogP contribution in [0.1, 0.15) is 6.92 Å². The van der Waals surface area contributed by atoms with Gasteiger partial charge in [-0.05, 0) is 0 Å². The second-order valence-corrected chi connectivity index (χ2v) is 3.53. The van der Waals surface area contributed by atoms with Crippen molar-refractivity contribution in [3.8, 4) is 0 Å². The maximum Gasteiger partial charge on any atom is -1.00 e. The second-order valence-electron chi connectivity index (χ2n) is 1.45. The first-order valence-corrected chi connectivity index (χ1v) is 3.21. The standard InChI is InChI=1S/C3H6.Al.BrH/c1-3-2;;/h3H,1H2,2H3;;1H/q;+1;/p-1. The minimum Gasteiger partial charge on any atom is -1.00 e. The predicted molar refractivity (Wildman–Crippen MR) is 20.0 cm³/mol. The minimum atomic E-state index is 0. The molecule has 0 saturated carbocycles. The van der Waals surface area contributed by atoms with E-state index in [0.717, 1.165) is 15.2 Å². The first-order valence-electron chi connectivity index (χ1n) is 1.73. The van der Waals surface area contributed by atoms with Gasteiger partial charge in [0, 0.05) is 0 Å². The molecule has 0 bridgehead atoms. The van der Waals surface area contributed by atoms with Gasteiger partial charge in [-0.3, -0.25) is 0 Å². The Kier molecular flexibility index (Phi) is 2.68. The van der Waals surface area contributed by atoms with Crippen molar-refractivity contribution in [1.29, 1.82) is 0 Å². The molecule has 1 atom stereocenters. The Morgan fingerprint density at radius 3 is 2.00 bits per heavy atom. The van der Waals surface area contributed by atoms with Crippen molar-refractivity contribution in [2.24, 2.45) is 0 Å². The molecule has 0 aromatic heterocycles. The summed E-state index contributed by atoms with van der Waals surface area (Å²) in [6, 6.07) is 0. The summed E-state index contributed by atoms with van der Waals surface area (Å²) in [5, 5.41) is 1.57. The van der Waals surface area contributed by atoms with E-state index in [4.69, 9.17) is 0 Å². The molecule has 5 heavy (non-hydrogen) atoms. The third-order valence-electron chi connectivity index (χ3n) is 0.707. The molecule has 1 unspecified atom stereocenters. The summed E-state index contributed by atoms with van der Waals surface area (Å²) in [6.45, 7) is 2.31. The summed E-state index contributed by atoms with van der Waals surface area (Å²) in [6.07, 6.45) is 0. The topological polar surface area (TPSA) is 0 Å². The normalized spacial score (nSPS) is 28.6. The smallest absolute Gasteiger partial charge is 1.00 e. The quantitative estimate of drug-likeness (QED) is 0.347. The average Bonchev–Trinajstić information content (AvgIpc) is 1.75. The fraction of sp³-hybridized carbons (Fsp3) is 1.00.